The summed E-state index contributed by atoms with van der Waals surface area (Å²) in [5, 5.41) is 8.84. The summed E-state index contributed by atoms with van der Waals surface area (Å²) in [5.74, 6) is -0.153. The molecule has 0 spiro atoms. The lowest BCUT2D eigenvalue weighted by Gasteiger charge is -1.90. The van der Waals surface area contributed by atoms with Gasteiger partial charge in [-0.2, -0.15) is 0 Å². The summed E-state index contributed by atoms with van der Waals surface area (Å²) in [6.07, 6.45) is 0.524. The van der Waals surface area contributed by atoms with Crippen LogP contribution in [0.4, 0.5) is 0 Å². The van der Waals surface area contributed by atoms with Crippen LogP contribution < -0.4 is 0 Å². The van der Waals surface area contributed by atoms with Gasteiger partial charge in [-0.3, -0.25) is 4.79 Å². The molecule has 3 nitrogen and oxygen atoms in total. The second kappa shape index (κ2) is 3.48. The number of carboxylic acids is 1. The van der Waals surface area contributed by atoms with Crippen LogP contribution in [0.1, 0.15) is 12.2 Å². The molecule has 1 rings (SSSR count). The standard InChI is InChI=1S/C7H8O3S/c8-6(9)3-1-5-2-4-7(11)10-5/h2,4,11H,1,3H2,(H,8,9). The fraction of sp³-hybridized carbons (Fsp3) is 0.286. The number of furan rings is 1. The number of carbonyl (C=O) groups is 1. The number of aryl methyl sites for hydroxylation is 1. The molecule has 0 aliphatic heterocycles. The Hall–Kier alpha value is -0.900. The Kier molecular flexibility index (Phi) is 2.59. The molecule has 60 valence electrons. The number of hydrogen-bond donors (Lipinski definition) is 2. The van der Waals surface area contributed by atoms with Gasteiger partial charge in [-0.15, -0.1) is 12.6 Å². The molecule has 0 unspecified atom stereocenters. The third-order valence-electron chi connectivity index (χ3n) is 1.23. The maximum Gasteiger partial charge on any atom is 0.303 e. The lowest BCUT2D eigenvalue weighted by molar-refractivity contribution is -0.137. The number of thiol groups is 1. The number of carboxylic acid groups (broad SMARTS) is 1. The van der Waals surface area contributed by atoms with Crippen molar-refractivity contribution in [1.29, 1.82) is 0 Å². The summed E-state index contributed by atoms with van der Waals surface area (Å²) in [4.78, 5) is 10.1. The van der Waals surface area contributed by atoms with E-state index < -0.39 is 5.97 Å². The predicted octanol–water partition coefficient (Wildman–Crippen LogP) is 1.59. The molecule has 1 aromatic heterocycles. The van der Waals surface area contributed by atoms with E-state index in [9.17, 15) is 4.79 Å². The highest BCUT2D eigenvalue weighted by Gasteiger charge is 2.01. The van der Waals surface area contributed by atoms with E-state index in [4.69, 9.17) is 9.52 Å². The van der Waals surface area contributed by atoms with Crippen molar-refractivity contribution < 1.29 is 14.3 Å². The summed E-state index contributed by atoms with van der Waals surface area (Å²) in [6, 6.07) is 3.42. The van der Waals surface area contributed by atoms with Crippen LogP contribution >= 0.6 is 12.6 Å². The average Bonchev–Trinajstić information content (AvgIpc) is 2.31. The van der Waals surface area contributed by atoms with Gasteiger partial charge in [0.15, 0.2) is 5.09 Å². The quantitative estimate of drug-likeness (QED) is 0.680. The van der Waals surface area contributed by atoms with Crippen LogP contribution in [-0.2, 0) is 11.2 Å². The predicted molar refractivity (Wildman–Crippen MR) is 41.9 cm³/mol. The molecule has 0 saturated heterocycles. The molecular formula is C7H8O3S. The molecule has 0 amide bonds. The molecule has 0 atom stereocenters. The summed E-state index contributed by atoms with van der Waals surface area (Å²) < 4.78 is 5.03. The minimum atomic E-state index is -0.817. The Labute approximate surface area is 69.4 Å². The first-order valence-electron chi connectivity index (χ1n) is 3.18. The molecule has 0 aliphatic carbocycles. The fourth-order valence-electron chi connectivity index (χ4n) is 0.731. The first kappa shape index (κ1) is 8.20. The van der Waals surface area contributed by atoms with Crippen LogP contribution in [0, 0.1) is 0 Å². The minimum absolute atomic E-state index is 0.0979. The highest BCUT2D eigenvalue weighted by Crippen LogP contribution is 2.12. The van der Waals surface area contributed by atoms with Gasteiger partial charge in [0.1, 0.15) is 5.76 Å². The molecule has 0 radical (unpaired) electrons. The molecule has 0 aromatic carbocycles. The van der Waals surface area contributed by atoms with Gasteiger partial charge in [-0.1, -0.05) is 0 Å². The molecule has 1 heterocycles. The van der Waals surface area contributed by atoms with Gasteiger partial charge in [-0.25, -0.2) is 0 Å². The van der Waals surface area contributed by atoms with Crippen molar-refractivity contribution in [2.45, 2.75) is 17.9 Å². The molecule has 11 heavy (non-hydrogen) atoms. The van der Waals surface area contributed by atoms with Crippen LogP contribution in [0.5, 0.6) is 0 Å². The van der Waals surface area contributed by atoms with Crippen LogP contribution in [0.3, 0.4) is 0 Å². The van der Waals surface area contributed by atoms with E-state index in [1.807, 2.05) is 0 Å². The summed E-state index contributed by atoms with van der Waals surface area (Å²) in [6.45, 7) is 0. The second-order valence-corrected chi connectivity index (χ2v) is 2.57. The highest BCUT2D eigenvalue weighted by molar-refractivity contribution is 7.80. The van der Waals surface area contributed by atoms with Crippen LogP contribution in [0.15, 0.2) is 21.6 Å². The van der Waals surface area contributed by atoms with Crippen molar-refractivity contribution in [2.24, 2.45) is 0 Å². The van der Waals surface area contributed by atoms with Crippen molar-refractivity contribution in [1.82, 2.24) is 0 Å². The molecule has 4 heteroatoms. The topological polar surface area (TPSA) is 50.4 Å². The van der Waals surface area contributed by atoms with Gasteiger partial charge < -0.3 is 9.52 Å². The summed E-state index contributed by atoms with van der Waals surface area (Å²) >= 11 is 3.94. The van der Waals surface area contributed by atoms with E-state index in [1.54, 1.807) is 12.1 Å². The van der Waals surface area contributed by atoms with E-state index in [2.05, 4.69) is 12.6 Å². The SMILES string of the molecule is O=C(O)CCc1ccc(S)o1. The van der Waals surface area contributed by atoms with Crippen LogP contribution in [-0.4, -0.2) is 11.1 Å². The first-order chi connectivity index (χ1) is 5.18. The lowest BCUT2D eigenvalue weighted by atomic mass is 10.2. The molecular weight excluding hydrogens is 164 g/mol. The monoisotopic (exact) mass is 172 g/mol. The van der Waals surface area contributed by atoms with Gasteiger partial charge in [0.25, 0.3) is 0 Å². The van der Waals surface area contributed by atoms with E-state index in [0.717, 1.165) is 0 Å². The molecule has 1 N–H and O–H groups in total. The van der Waals surface area contributed by atoms with E-state index in [1.165, 1.54) is 0 Å². The number of hydrogen-bond acceptors (Lipinski definition) is 3. The second-order valence-electron chi connectivity index (χ2n) is 2.13. The van der Waals surface area contributed by atoms with Gasteiger partial charge in [0.05, 0.1) is 6.42 Å². The number of aliphatic carboxylic acids is 1. The highest BCUT2D eigenvalue weighted by atomic mass is 32.1. The maximum atomic E-state index is 10.1. The molecule has 0 saturated carbocycles. The zero-order chi connectivity index (χ0) is 8.27. The summed E-state index contributed by atoms with van der Waals surface area (Å²) in [5.41, 5.74) is 0. The Balaban J connectivity index is 2.45. The van der Waals surface area contributed by atoms with Crippen LogP contribution in [0.25, 0.3) is 0 Å². The van der Waals surface area contributed by atoms with Gasteiger partial charge in [0.2, 0.25) is 0 Å². The van der Waals surface area contributed by atoms with Crippen molar-refractivity contribution in [3.8, 4) is 0 Å². The minimum Gasteiger partial charge on any atom is -0.481 e. The average molecular weight is 172 g/mol. The zero-order valence-corrected chi connectivity index (χ0v) is 6.67. The Morgan fingerprint density at radius 2 is 2.36 bits per heavy atom. The van der Waals surface area contributed by atoms with E-state index in [-0.39, 0.29) is 6.42 Å². The van der Waals surface area contributed by atoms with Crippen molar-refractivity contribution in [3.63, 3.8) is 0 Å². The van der Waals surface area contributed by atoms with Crippen molar-refractivity contribution >= 4 is 18.6 Å². The smallest absolute Gasteiger partial charge is 0.303 e. The Morgan fingerprint density at radius 1 is 1.64 bits per heavy atom. The zero-order valence-electron chi connectivity index (χ0n) is 5.78. The Morgan fingerprint density at radius 3 is 2.82 bits per heavy atom. The van der Waals surface area contributed by atoms with Crippen LogP contribution in [0.2, 0.25) is 0 Å². The fourth-order valence-corrected chi connectivity index (χ4v) is 0.923. The number of rotatable bonds is 3. The van der Waals surface area contributed by atoms with Crippen molar-refractivity contribution in [3.05, 3.63) is 17.9 Å². The van der Waals surface area contributed by atoms with E-state index in [0.29, 0.717) is 17.3 Å². The largest absolute Gasteiger partial charge is 0.481 e. The molecule has 0 aliphatic rings. The normalized spacial score (nSPS) is 9.91. The molecule has 0 fully saturated rings. The van der Waals surface area contributed by atoms with Gasteiger partial charge >= 0.3 is 5.97 Å². The third kappa shape index (κ3) is 2.67. The van der Waals surface area contributed by atoms with Crippen molar-refractivity contribution in [2.75, 3.05) is 0 Å². The molecule has 1 aromatic rings. The van der Waals surface area contributed by atoms with Gasteiger partial charge in [-0.05, 0) is 12.1 Å². The third-order valence-corrected chi connectivity index (χ3v) is 1.47. The Bertz CT molecular complexity index is 254. The maximum absolute atomic E-state index is 10.1. The molecule has 0 bridgehead atoms. The summed E-state index contributed by atoms with van der Waals surface area (Å²) in [7, 11) is 0. The first-order valence-corrected chi connectivity index (χ1v) is 3.62. The lowest BCUT2D eigenvalue weighted by Crippen LogP contribution is -1.95. The van der Waals surface area contributed by atoms with Gasteiger partial charge in [0, 0.05) is 6.42 Å². The van der Waals surface area contributed by atoms with E-state index >= 15 is 0 Å².